The van der Waals surface area contributed by atoms with Crippen LogP contribution >= 0.6 is 0 Å². The Labute approximate surface area is 195 Å². The van der Waals surface area contributed by atoms with E-state index in [-0.39, 0.29) is 0 Å². The smallest absolute Gasteiger partial charge is 0.186 e. The first kappa shape index (κ1) is 30.6. The van der Waals surface area contributed by atoms with Crippen LogP contribution < -0.4 is 0 Å². The summed E-state index contributed by atoms with van der Waals surface area (Å²) in [6.07, 6.45) is -4.48. The summed E-state index contributed by atoms with van der Waals surface area (Å²) in [6, 6.07) is 0. The Morgan fingerprint density at radius 2 is 1.33 bits per heavy atom. The molecule has 33 heavy (non-hydrogen) atoms. The zero-order chi connectivity index (χ0) is 24.8. The minimum Gasteiger partial charge on any atom is -0.394 e. The van der Waals surface area contributed by atoms with Crippen molar-refractivity contribution in [2.45, 2.75) is 113 Å². The summed E-state index contributed by atoms with van der Waals surface area (Å²) in [7, 11) is 0. The zero-order valence-electron chi connectivity index (χ0n) is 19.5. The Hall–Kier alpha value is -0.440. The Morgan fingerprint density at radius 1 is 0.758 bits per heavy atom. The Morgan fingerprint density at radius 3 is 1.91 bits per heavy atom. The molecule has 0 spiro atoms. The first-order chi connectivity index (χ1) is 15.8. The van der Waals surface area contributed by atoms with Gasteiger partial charge in [0.2, 0.25) is 0 Å². The molecule has 1 aliphatic heterocycles. The van der Waals surface area contributed by atoms with Gasteiger partial charge in [-0.05, 0) is 6.42 Å². The van der Waals surface area contributed by atoms with Crippen molar-refractivity contribution in [1.29, 1.82) is 0 Å². The van der Waals surface area contributed by atoms with Crippen LogP contribution in [-0.4, -0.2) is 122 Å². The normalized spacial score (nSPS) is 29.5. The van der Waals surface area contributed by atoms with Crippen LogP contribution in [-0.2, 0) is 14.2 Å². The molecule has 0 aromatic rings. The maximum absolute atomic E-state index is 10.4. The van der Waals surface area contributed by atoms with Crippen molar-refractivity contribution in [1.82, 2.24) is 0 Å². The molecule has 0 aliphatic carbocycles. The van der Waals surface area contributed by atoms with E-state index in [4.69, 9.17) is 19.3 Å². The predicted molar refractivity (Wildman–Crippen MR) is 117 cm³/mol. The van der Waals surface area contributed by atoms with Crippen LogP contribution in [0.3, 0.4) is 0 Å². The summed E-state index contributed by atoms with van der Waals surface area (Å²) < 4.78 is 16.4. The molecule has 0 radical (unpaired) electrons. The summed E-state index contributed by atoms with van der Waals surface area (Å²) in [4.78, 5) is 0. The lowest BCUT2D eigenvalue weighted by Gasteiger charge is -2.42. The SMILES string of the molecule is CCCCCCCCCCO[C@@H]1O[C@H](CO)[C@@H](OC[C@H](O)[C@@H](O)[C@H](O)[C@H](O)CO)[C@H](O)[C@H]1O. The van der Waals surface area contributed by atoms with Crippen LogP contribution in [0.4, 0.5) is 0 Å². The Balaban J connectivity index is 2.42. The number of rotatable bonds is 18. The van der Waals surface area contributed by atoms with Crippen molar-refractivity contribution in [2.75, 3.05) is 26.4 Å². The van der Waals surface area contributed by atoms with Gasteiger partial charge in [-0.15, -0.1) is 0 Å². The van der Waals surface area contributed by atoms with Crippen molar-refractivity contribution in [3.05, 3.63) is 0 Å². The average molecular weight is 485 g/mol. The standard InChI is InChI=1S/C22H44O11/c1-2-3-4-5-6-7-8-9-10-31-22-20(30)19(29)21(16(12-24)33-22)32-13-15(26)18(28)17(27)14(25)11-23/h14-30H,2-13H2,1H3/t14-,15+,16-,17-,18-,19-,20-,21-,22-/m1/s1. The van der Waals surface area contributed by atoms with Gasteiger partial charge in [0.25, 0.3) is 0 Å². The molecule has 11 nitrogen and oxygen atoms in total. The molecule has 0 amide bonds. The molecule has 0 aromatic heterocycles. The monoisotopic (exact) mass is 484 g/mol. The van der Waals surface area contributed by atoms with E-state index in [2.05, 4.69) is 6.92 Å². The van der Waals surface area contributed by atoms with Crippen LogP contribution in [0.5, 0.6) is 0 Å². The van der Waals surface area contributed by atoms with Gasteiger partial charge in [-0.2, -0.15) is 0 Å². The second-order valence-corrected chi connectivity index (χ2v) is 8.65. The van der Waals surface area contributed by atoms with E-state index < -0.39 is 74.9 Å². The van der Waals surface area contributed by atoms with Crippen LogP contribution in [0.25, 0.3) is 0 Å². The third kappa shape index (κ3) is 10.4. The molecular weight excluding hydrogens is 440 g/mol. The lowest BCUT2D eigenvalue weighted by Crippen LogP contribution is -2.60. The molecule has 9 atom stereocenters. The number of hydrogen-bond donors (Lipinski definition) is 8. The average Bonchev–Trinajstić information content (AvgIpc) is 2.82. The highest BCUT2D eigenvalue weighted by atomic mass is 16.7. The minimum absolute atomic E-state index is 0.322. The molecule has 198 valence electrons. The summed E-state index contributed by atoms with van der Waals surface area (Å²) in [5.41, 5.74) is 0. The molecule has 1 saturated heterocycles. The number of aliphatic hydroxyl groups excluding tert-OH is 8. The molecule has 0 aromatic carbocycles. The Kier molecular flexibility index (Phi) is 15.8. The fraction of sp³-hybridized carbons (Fsp3) is 1.00. The maximum atomic E-state index is 10.4. The second-order valence-electron chi connectivity index (χ2n) is 8.65. The van der Waals surface area contributed by atoms with E-state index in [1.807, 2.05) is 0 Å². The molecule has 1 fully saturated rings. The molecule has 0 unspecified atom stereocenters. The van der Waals surface area contributed by atoms with Crippen molar-refractivity contribution in [3.8, 4) is 0 Å². The largest absolute Gasteiger partial charge is 0.394 e. The molecule has 1 aliphatic rings. The van der Waals surface area contributed by atoms with Gasteiger partial charge in [0.1, 0.15) is 48.8 Å². The van der Waals surface area contributed by atoms with Gasteiger partial charge >= 0.3 is 0 Å². The van der Waals surface area contributed by atoms with E-state index in [9.17, 15) is 35.7 Å². The zero-order valence-corrected chi connectivity index (χ0v) is 19.5. The summed E-state index contributed by atoms with van der Waals surface area (Å²) in [5.74, 6) is 0. The van der Waals surface area contributed by atoms with E-state index in [0.717, 1.165) is 19.3 Å². The highest BCUT2D eigenvalue weighted by molar-refractivity contribution is 4.91. The van der Waals surface area contributed by atoms with Crippen LogP contribution in [0, 0.1) is 0 Å². The number of unbranched alkanes of at least 4 members (excludes halogenated alkanes) is 7. The maximum Gasteiger partial charge on any atom is 0.186 e. The van der Waals surface area contributed by atoms with Gasteiger partial charge in [-0.25, -0.2) is 0 Å². The lowest BCUT2D eigenvalue weighted by atomic mass is 9.98. The fourth-order valence-corrected chi connectivity index (χ4v) is 3.70. The number of hydrogen-bond acceptors (Lipinski definition) is 11. The van der Waals surface area contributed by atoms with Crippen molar-refractivity contribution < 1.29 is 55.1 Å². The highest BCUT2D eigenvalue weighted by Gasteiger charge is 2.46. The second kappa shape index (κ2) is 17.1. The molecular formula is C22H44O11. The quantitative estimate of drug-likeness (QED) is 0.105. The number of aliphatic hydroxyl groups is 8. The predicted octanol–water partition coefficient (Wildman–Crippen LogP) is -1.60. The highest BCUT2D eigenvalue weighted by Crippen LogP contribution is 2.25. The van der Waals surface area contributed by atoms with Gasteiger partial charge in [0.15, 0.2) is 6.29 Å². The first-order valence-corrected chi connectivity index (χ1v) is 12.0. The molecule has 0 saturated carbocycles. The summed E-state index contributed by atoms with van der Waals surface area (Å²) in [5, 5.41) is 78.0. The van der Waals surface area contributed by atoms with Gasteiger partial charge in [-0.1, -0.05) is 51.9 Å². The number of ether oxygens (including phenoxy) is 3. The van der Waals surface area contributed by atoms with Crippen LogP contribution in [0.1, 0.15) is 58.3 Å². The lowest BCUT2D eigenvalue weighted by molar-refractivity contribution is -0.310. The van der Waals surface area contributed by atoms with E-state index >= 15 is 0 Å². The van der Waals surface area contributed by atoms with Crippen molar-refractivity contribution >= 4 is 0 Å². The van der Waals surface area contributed by atoms with Gasteiger partial charge < -0.3 is 55.1 Å². The van der Waals surface area contributed by atoms with E-state index in [1.165, 1.54) is 32.1 Å². The molecule has 8 N–H and O–H groups in total. The Bertz CT molecular complexity index is 481. The van der Waals surface area contributed by atoms with Gasteiger partial charge in [-0.3, -0.25) is 0 Å². The molecule has 0 bridgehead atoms. The van der Waals surface area contributed by atoms with Crippen LogP contribution in [0.2, 0.25) is 0 Å². The summed E-state index contributed by atoms with van der Waals surface area (Å²) >= 11 is 0. The third-order valence-electron chi connectivity index (χ3n) is 5.89. The fourth-order valence-electron chi connectivity index (χ4n) is 3.70. The van der Waals surface area contributed by atoms with Crippen molar-refractivity contribution in [3.63, 3.8) is 0 Å². The minimum atomic E-state index is -1.84. The van der Waals surface area contributed by atoms with Gasteiger partial charge in [0, 0.05) is 6.61 Å². The van der Waals surface area contributed by atoms with E-state index in [0.29, 0.717) is 6.61 Å². The third-order valence-corrected chi connectivity index (χ3v) is 5.89. The van der Waals surface area contributed by atoms with E-state index in [1.54, 1.807) is 0 Å². The van der Waals surface area contributed by atoms with Gasteiger partial charge in [0.05, 0.1) is 19.8 Å². The molecule has 1 heterocycles. The molecule has 11 heteroatoms. The topological polar surface area (TPSA) is 190 Å². The van der Waals surface area contributed by atoms with Crippen LogP contribution in [0.15, 0.2) is 0 Å². The summed E-state index contributed by atoms with van der Waals surface area (Å²) in [6.45, 7) is 0.520. The van der Waals surface area contributed by atoms with Crippen molar-refractivity contribution in [2.24, 2.45) is 0 Å². The molecule has 1 rings (SSSR count). The first-order valence-electron chi connectivity index (χ1n) is 12.0.